The van der Waals surface area contributed by atoms with Crippen LogP contribution in [0.15, 0.2) is 71.0 Å². The smallest absolute Gasteiger partial charge is 0.261 e. The Balaban J connectivity index is 1.41. The van der Waals surface area contributed by atoms with Crippen LogP contribution in [0.1, 0.15) is 12.8 Å². The van der Waals surface area contributed by atoms with Gasteiger partial charge < -0.3 is 4.74 Å². The Kier molecular flexibility index (Phi) is 5.94. The summed E-state index contributed by atoms with van der Waals surface area (Å²) in [4.78, 5) is 3.83. The van der Waals surface area contributed by atoms with E-state index >= 15 is 0 Å². The zero-order valence-corrected chi connectivity index (χ0v) is 18.0. The van der Waals surface area contributed by atoms with Crippen LogP contribution in [0.2, 0.25) is 0 Å². The minimum Gasteiger partial charge on any atom is -0.492 e. The summed E-state index contributed by atoms with van der Waals surface area (Å²) in [6, 6.07) is 11.6. The lowest BCUT2D eigenvalue weighted by Gasteiger charge is -2.11. The Labute approximate surface area is 180 Å². The van der Waals surface area contributed by atoms with E-state index in [1.54, 1.807) is 35.3 Å². The molecular formula is C19H21N5O5S2. The summed E-state index contributed by atoms with van der Waals surface area (Å²) in [6.45, 7) is 0.838. The lowest BCUT2D eigenvalue weighted by atomic mass is 10.3. The maximum Gasteiger partial charge on any atom is 0.261 e. The molecule has 12 heteroatoms. The molecule has 3 aromatic rings. The van der Waals surface area contributed by atoms with Gasteiger partial charge in [0.15, 0.2) is 0 Å². The third-order valence-corrected chi connectivity index (χ3v) is 7.42. The van der Waals surface area contributed by atoms with Crippen LogP contribution >= 0.6 is 0 Å². The molecule has 0 amide bonds. The van der Waals surface area contributed by atoms with Crippen molar-refractivity contribution in [2.24, 2.45) is 0 Å². The Morgan fingerprint density at radius 1 is 1.00 bits per heavy atom. The average molecular weight is 464 g/mol. The molecule has 1 fully saturated rings. The summed E-state index contributed by atoms with van der Waals surface area (Å²) in [5, 5.41) is 3.98. The Morgan fingerprint density at radius 2 is 1.71 bits per heavy atom. The van der Waals surface area contributed by atoms with Gasteiger partial charge in [-0.1, -0.05) is 6.07 Å². The van der Waals surface area contributed by atoms with E-state index in [4.69, 9.17) is 4.74 Å². The second kappa shape index (κ2) is 8.65. The molecule has 1 saturated carbocycles. The number of hydrogen-bond acceptors (Lipinski definition) is 7. The van der Waals surface area contributed by atoms with Crippen molar-refractivity contribution >= 4 is 25.7 Å². The number of rotatable bonds is 10. The van der Waals surface area contributed by atoms with Crippen molar-refractivity contribution in [1.29, 1.82) is 0 Å². The summed E-state index contributed by atoms with van der Waals surface area (Å²) < 4.78 is 62.2. The standard InChI is InChI=1S/C19H21N5O5S2/c25-30(26,22-15-4-5-15)18-6-8-19(9-7-18)31(27,28)23-16-2-1-3-17(12-16)29-11-10-24-14-20-13-21-24/h1-3,6-9,12-15,22-23H,4-5,10-11H2. The minimum absolute atomic E-state index is 0.0271. The first kappa shape index (κ1) is 21.3. The first-order chi connectivity index (χ1) is 14.8. The van der Waals surface area contributed by atoms with Crippen molar-refractivity contribution in [3.8, 4) is 5.75 Å². The number of benzene rings is 2. The van der Waals surface area contributed by atoms with Crippen molar-refractivity contribution in [3.63, 3.8) is 0 Å². The van der Waals surface area contributed by atoms with Crippen LogP contribution in [-0.4, -0.2) is 44.2 Å². The van der Waals surface area contributed by atoms with Crippen molar-refractivity contribution in [2.45, 2.75) is 35.2 Å². The number of ether oxygens (including phenoxy) is 1. The summed E-state index contributed by atoms with van der Waals surface area (Å²) in [5.74, 6) is 0.493. The van der Waals surface area contributed by atoms with E-state index in [0.29, 0.717) is 24.6 Å². The molecule has 0 saturated heterocycles. The molecule has 1 heterocycles. The summed E-state index contributed by atoms with van der Waals surface area (Å²) in [5.41, 5.74) is 0.324. The quantitative estimate of drug-likeness (QED) is 0.467. The molecule has 10 nitrogen and oxygen atoms in total. The number of sulfonamides is 2. The number of hydrogen-bond donors (Lipinski definition) is 2. The summed E-state index contributed by atoms with van der Waals surface area (Å²) in [7, 11) is -7.54. The number of anilines is 1. The van der Waals surface area contributed by atoms with Gasteiger partial charge in [-0.05, 0) is 49.2 Å². The average Bonchev–Trinajstić information content (AvgIpc) is 3.38. The fraction of sp³-hybridized carbons (Fsp3) is 0.263. The van der Waals surface area contributed by atoms with E-state index < -0.39 is 20.0 Å². The van der Waals surface area contributed by atoms with Gasteiger partial charge in [-0.3, -0.25) is 4.72 Å². The Bertz CT molecular complexity index is 1240. The van der Waals surface area contributed by atoms with Gasteiger partial charge >= 0.3 is 0 Å². The molecule has 0 bridgehead atoms. The third-order valence-electron chi connectivity index (χ3n) is 4.49. The van der Waals surface area contributed by atoms with E-state index in [2.05, 4.69) is 19.5 Å². The third kappa shape index (κ3) is 5.60. The highest BCUT2D eigenvalue weighted by molar-refractivity contribution is 7.92. The van der Waals surface area contributed by atoms with E-state index in [1.807, 2.05) is 0 Å². The van der Waals surface area contributed by atoms with Crippen molar-refractivity contribution in [3.05, 3.63) is 61.2 Å². The topological polar surface area (TPSA) is 132 Å². The minimum atomic E-state index is -3.90. The van der Waals surface area contributed by atoms with Gasteiger partial charge in [-0.25, -0.2) is 31.2 Å². The van der Waals surface area contributed by atoms with E-state index in [1.165, 1.54) is 30.6 Å². The van der Waals surface area contributed by atoms with E-state index in [0.717, 1.165) is 12.8 Å². The molecule has 1 aliphatic rings. The van der Waals surface area contributed by atoms with Crippen LogP contribution in [-0.2, 0) is 26.6 Å². The predicted octanol–water partition coefficient (Wildman–Crippen LogP) is 1.60. The van der Waals surface area contributed by atoms with Crippen LogP contribution in [0, 0.1) is 0 Å². The predicted molar refractivity (Wildman–Crippen MR) is 113 cm³/mol. The van der Waals surface area contributed by atoms with Gasteiger partial charge in [0.05, 0.1) is 22.0 Å². The molecule has 0 radical (unpaired) electrons. The molecule has 2 N–H and O–H groups in total. The van der Waals surface area contributed by atoms with Gasteiger partial charge in [0.1, 0.15) is 25.0 Å². The highest BCUT2D eigenvalue weighted by Crippen LogP contribution is 2.24. The van der Waals surface area contributed by atoms with Crippen LogP contribution in [0.25, 0.3) is 0 Å². The molecule has 0 atom stereocenters. The maximum atomic E-state index is 12.7. The molecule has 1 aromatic heterocycles. The van der Waals surface area contributed by atoms with Crippen LogP contribution in [0.3, 0.4) is 0 Å². The summed E-state index contributed by atoms with van der Waals surface area (Å²) >= 11 is 0. The largest absolute Gasteiger partial charge is 0.492 e. The molecule has 31 heavy (non-hydrogen) atoms. The highest BCUT2D eigenvalue weighted by Gasteiger charge is 2.28. The van der Waals surface area contributed by atoms with Gasteiger partial charge in [-0.15, -0.1) is 0 Å². The first-order valence-corrected chi connectivity index (χ1v) is 12.5. The Morgan fingerprint density at radius 3 is 2.35 bits per heavy atom. The van der Waals surface area contributed by atoms with Crippen molar-refractivity contribution in [2.75, 3.05) is 11.3 Å². The van der Waals surface area contributed by atoms with Gasteiger partial charge in [0.25, 0.3) is 10.0 Å². The normalized spacial score (nSPS) is 14.3. The summed E-state index contributed by atoms with van der Waals surface area (Å²) in [6.07, 6.45) is 4.64. The molecule has 4 rings (SSSR count). The molecule has 0 aliphatic heterocycles. The highest BCUT2D eigenvalue weighted by atomic mass is 32.2. The number of nitrogens with zero attached hydrogens (tertiary/aromatic N) is 3. The first-order valence-electron chi connectivity index (χ1n) is 9.52. The van der Waals surface area contributed by atoms with Gasteiger partial charge in [0.2, 0.25) is 10.0 Å². The van der Waals surface area contributed by atoms with Crippen LogP contribution < -0.4 is 14.2 Å². The zero-order valence-electron chi connectivity index (χ0n) is 16.4. The second-order valence-electron chi connectivity index (χ2n) is 7.01. The van der Waals surface area contributed by atoms with Crippen molar-refractivity contribution < 1.29 is 21.6 Å². The molecule has 1 aliphatic carbocycles. The lowest BCUT2D eigenvalue weighted by molar-refractivity contribution is 0.291. The fourth-order valence-electron chi connectivity index (χ4n) is 2.76. The van der Waals surface area contributed by atoms with E-state index in [9.17, 15) is 16.8 Å². The molecular weight excluding hydrogens is 442 g/mol. The van der Waals surface area contributed by atoms with Crippen LogP contribution in [0.5, 0.6) is 5.75 Å². The number of nitrogens with one attached hydrogen (secondary N) is 2. The lowest BCUT2D eigenvalue weighted by Crippen LogP contribution is -2.25. The second-order valence-corrected chi connectivity index (χ2v) is 10.4. The SMILES string of the molecule is O=S(=O)(Nc1cccc(OCCn2cncn2)c1)c1ccc(S(=O)(=O)NC2CC2)cc1. The monoisotopic (exact) mass is 463 g/mol. The maximum absolute atomic E-state index is 12.7. The van der Waals surface area contributed by atoms with Crippen molar-refractivity contribution in [1.82, 2.24) is 19.5 Å². The molecule has 164 valence electrons. The molecule has 0 spiro atoms. The Hall–Kier alpha value is -2.96. The number of aromatic nitrogens is 3. The molecule has 0 unspecified atom stereocenters. The fourth-order valence-corrected chi connectivity index (χ4v) is 5.11. The van der Waals surface area contributed by atoms with Gasteiger partial charge in [-0.2, -0.15) is 5.10 Å². The van der Waals surface area contributed by atoms with Crippen LogP contribution in [0.4, 0.5) is 5.69 Å². The molecule has 2 aromatic carbocycles. The van der Waals surface area contributed by atoms with E-state index in [-0.39, 0.29) is 15.8 Å². The van der Waals surface area contributed by atoms with Gasteiger partial charge in [0, 0.05) is 12.1 Å². The zero-order chi connectivity index (χ0) is 21.9.